The normalized spacial score (nSPS) is 10.5. The number of nitrogens with one attached hydrogen (secondary N) is 2. The van der Waals surface area contributed by atoms with Gasteiger partial charge in [0.2, 0.25) is 0 Å². The number of pyridine rings is 1. The Bertz CT molecular complexity index is 696. The van der Waals surface area contributed by atoms with Crippen molar-refractivity contribution in [2.24, 2.45) is 0 Å². The van der Waals surface area contributed by atoms with E-state index >= 15 is 0 Å². The van der Waals surface area contributed by atoms with Crippen LogP contribution >= 0.6 is 0 Å². The molecule has 2 heterocycles. The Kier molecular flexibility index (Phi) is 3.72. The predicted molar refractivity (Wildman–Crippen MR) is 77.2 cm³/mol. The van der Waals surface area contributed by atoms with Crippen molar-refractivity contribution in [1.29, 1.82) is 0 Å². The van der Waals surface area contributed by atoms with Crippen LogP contribution in [0.3, 0.4) is 0 Å². The van der Waals surface area contributed by atoms with Gasteiger partial charge in [-0.3, -0.25) is 0 Å². The molecular formula is C14H14N6O. The SMILES string of the molecule is Oc1ccnc(Nc2ccc(CCc3nnn[nH]3)cc2)c1. The van der Waals surface area contributed by atoms with Gasteiger partial charge in [0.1, 0.15) is 17.4 Å². The molecule has 0 fully saturated rings. The number of rotatable bonds is 5. The highest BCUT2D eigenvalue weighted by atomic mass is 16.3. The lowest BCUT2D eigenvalue weighted by Gasteiger charge is -2.06. The summed E-state index contributed by atoms with van der Waals surface area (Å²) < 4.78 is 0. The number of benzene rings is 1. The van der Waals surface area contributed by atoms with Crippen molar-refractivity contribution in [3.63, 3.8) is 0 Å². The average molecular weight is 282 g/mol. The second-order valence-corrected chi connectivity index (χ2v) is 4.57. The molecule has 0 aliphatic rings. The molecule has 106 valence electrons. The monoisotopic (exact) mass is 282 g/mol. The van der Waals surface area contributed by atoms with E-state index in [4.69, 9.17) is 0 Å². The van der Waals surface area contributed by atoms with Crippen molar-refractivity contribution in [2.75, 3.05) is 5.32 Å². The molecule has 0 radical (unpaired) electrons. The number of anilines is 2. The third kappa shape index (κ3) is 3.53. The summed E-state index contributed by atoms with van der Waals surface area (Å²) in [6.07, 6.45) is 3.19. The summed E-state index contributed by atoms with van der Waals surface area (Å²) in [5.74, 6) is 1.57. The fraction of sp³-hybridized carbons (Fsp3) is 0.143. The second kappa shape index (κ2) is 6.00. The van der Waals surface area contributed by atoms with Gasteiger partial charge >= 0.3 is 0 Å². The van der Waals surface area contributed by atoms with Crippen LogP contribution in [0.25, 0.3) is 0 Å². The largest absolute Gasteiger partial charge is 0.508 e. The molecule has 3 N–H and O–H groups in total. The Balaban J connectivity index is 1.61. The third-order valence-electron chi connectivity index (χ3n) is 3.01. The van der Waals surface area contributed by atoms with Gasteiger partial charge in [-0.05, 0) is 40.6 Å². The van der Waals surface area contributed by atoms with Gasteiger partial charge in [0.25, 0.3) is 0 Å². The van der Waals surface area contributed by atoms with Crippen LogP contribution in [0.15, 0.2) is 42.6 Å². The Morgan fingerprint density at radius 2 is 1.95 bits per heavy atom. The lowest BCUT2D eigenvalue weighted by molar-refractivity contribution is 0.475. The first-order valence-electron chi connectivity index (χ1n) is 6.53. The summed E-state index contributed by atoms with van der Waals surface area (Å²) in [5.41, 5.74) is 2.11. The summed E-state index contributed by atoms with van der Waals surface area (Å²) in [4.78, 5) is 4.13. The van der Waals surface area contributed by atoms with E-state index < -0.39 is 0 Å². The minimum absolute atomic E-state index is 0.185. The quantitative estimate of drug-likeness (QED) is 0.660. The van der Waals surface area contributed by atoms with Crippen LogP contribution < -0.4 is 5.32 Å². The number of H-pyrrole nitrogens is 1. The summed E-state index contributed by atoms with van der Waals surface area (Å²) in [7, 11) is 0. The van der Waals surface area contributed by atoms with Gasteiger partial charge in [0.15, 0.2) is 0 Å². The maximum absolute atomic E-state index is 9.40. The molecule has 2 aromatic heterocycles. The first-order valence-corrected chi connectivity index (χ1v) is 6.53. The molecule has 1 aromatic carbocycles. The summed E-state index contributed by atoms with van der Waals surface area (Å²) in [5, 5.41) is 26.2. The summed E-state index contributed by atoms with van der Waals surface area (Å²) in [6, 6.07) is 11.1. The topological polar surface area (TPSA) is 99.6 Å². The Labute approximate surface area is 121 Å². The number of aromatic amines is 1. The molecule has 21 heavy (non-hydrogen) atoms. The molecular weight excluding hydrogens is 268 g/mol. The molecule has 0 saturated heterocycles. The molecule has 0 aliphatic carbocycles. The number of hydrogen-bond acceptors (Lipinski definition) is 6. The molecule has 3 aromatic rings. The van der Waals surface area contributed by atoms with E-state index in [-0.39, 0.29) is 5.75 Å². The summed E-state index contributed by atoms with van der Waals surface area (Å²) >= 11 is 0. The van der Waals surface area contributed by atoms with Crippen LogP contribution in [-0.4, -0.2) is 30.7 Å². The van der Waals surface area contributed by atoms with Gasteiger partial charge in [-0.1, -0.05) is 12.1 Å². The van der Waals surface area contributed by atoms with Crippen molar-refractivity contribution < 1.29 is 5.11 Å². The van der Waals surface area contributed by atoms with Crippen LogP contribution in [-0.2, 0) is 12.8 Å². The van der Waals surface area contributed by atoms with Crippen molar-refractivity contribution in [3.8, 4) is 5.75 Å². The molecule has 0 aliphatic heterocycles. The van der Waals surface area contributed by atoms with Gasteiger partial charge in [0.05, 0.1) is 0 Å². The van der Waals surface area contributed by atoms with Crippen LogP contribution in [0.4, 0.5) is 11.5 Å². The van der Waals surface area contributed by atoms with Gasteiger partial charge in [-0.25, -0.2) is 10.1 Å². The standard InChI is InChI=1S/C14H14N6O/c21-12-7-8-15-14(9-12)16-11-4-1-10(2-5-11)3-6-13-17-19-20-18-13/h1-2,4-5,7-9H,3,6H2,(H2,15,16,21)(H,17,18,19,20). The number of aromatic nitrogens is 5. The number of tetrazole rings is 1. The first kappa shape index (κ1) is 13.0. The first-order chi connectivity index (χ1) is 10.3. The Hall–Kier alpha value is -2.96. The van der Waals surface area contributed by atoms with Crippen LogP contribution in [0.1, 0.15) is 11.4 Å². The number of aryl methyl sites for hydroxylation is 2. The maximum Gasteiger partial charge on any atom is 0.148 e. The Morgan fingerprint density at radius 3 is 2.67 bits per heavy atom. The van der Waals surface area contributed by atoms with E-state index in [9.17, 15) is 5.11 Å². The van der Waals surface area contributed by atoms with E-state index in [1.165, 1.54) is 11.6 Å². The second-order valence-electron chi connectivity index (χ2n) is 4.57. The molecule has 0 bridgehead atoms. The maximum atomic E-state index is 9.40. The zero-order valence-electron chi connectivity index (χ0n) is 11.2. The van der Waals surface area contributed by atoms with E-state index in [0.717, 1.165) is 24.4 Å². The number of nitrogens with zero attached hydrogens (tertiary/aromatic N) is 4. The van der Waals surface area contributed by atoms with Gasteiger partial charge < -0.3 is 10.4 Å². The summed E-state index contributed by atoms with van der Waals surface area (Å²) in [6.45, 7) is 0. The molecule has 7 nitrogen and oxygen atoms in total. The fourth-order valence-electron chi connectivity index (χ4n) is 1.94. The predicted octanol–water partition coefficient (Wildman–Crippen LogP) is 1.83. The van der Waals surface area contributed by atoms with Crippen molar-refractivity contribution in [2.45, 2.75) is 12.8 Å². The third-order valence-corrected chi connectivity index (χ3v) is 3.01. The van der Waals surface area contributed by atoms with Gasteiger partial charge in [0, 0.05) is 24.4 Å². The van der Waals surface area contributed by atoms with Crippen LogP contribution in [0, 0.1) is 0 Å². The van der Waals surface area contributed by atoms with Gasteiger partial charge in [-0.2, -0.15) is 0 Å². The van der Waals surface area contributed by atoms with Crippen molar-refractivity contribution >= 4 is 11.5 Å². The van der Waals surface area contributed by atoms with E-state index in [2.05, 4.69) is 30.9 Å². The lowest BCUT2D eigenvalue weighted by atomic mass is 10.1. The lowest BCUT2D eigenvalue weighted by Crippen LogP contribution is -1.95. The van der Waals surface area contributed by atoms with Gasteiger partial charge in [-0.15, -0.1) is 5.10 Å². The number of hydrogen-bond donors (Lipinski definition) is 3. The van der Waals surface area contributed by atoms with Crippen LogP contribution in [0.2, 0.25) is 0 Å². The Morgan fingerprint density at radius 1 is 1.10 bits per heavy atom. The van der Waals surface area contributed by atoms with E-state index in [1.807, 2.05) is 24.3 Å². The number of aromatic hydroxyl groups is 1. The molecule has 0 amide bonds. The molecule has 0 spiro atoms. The van der Waals surface area contributed by atoms with Crippen molar-refractivity contribution in [3.05, 3.63) is 54.0 Å². The highest BCUT2D eigenvalue weighted by Gasteiger charge is 2.01. The molecule has 7 heteroatoms. The fourth-order valence-corrected chi connectivity index (χ4v) is 1.94. The minimum atomic E-state index is 0.185. The van der Waals surface area contributed by atoms with E-state index in [1.54, 1.807) is 12.3 Å². The van der Waals surface area contributed by atoms with Crippen molar-refractivity contribution in [1.82, 2.24) is 25.6 Å². The molecule has 0 unspecified atom stereocenters. The van der Waals surface area contributed by atoms with Crippen LogP contribution in [0.5, 0.6) is 5.75 Å². The minimum Gasteiger partial charge on any atom is -0.508 e. The molecule has 0 saturated carbocycles. The zero-order valence-corrected chi connectivity index (χ0v) is 11.2. The van der Waals surface area contributed by atoms with E-state index in [0.29, 0.717) is 5.82 Å². The highest BCUT2D eigenvalue weighted by Crippen LogP contribution is 2.18. The highest BCUT2D eigenvalue weighted by molar-refractivity contribution is 5.57. The smallest absolute Gasteiger partial charge is 0.148 e. The average Bonchev–Trinajstić information content (AvgIpc) is 3.00. The molecule has 0 atom stereocenters. The molecule has 3 rings (SSSR count). The zero-order chi connectivity index (χ0) is 14.5.